The Morgan fingerprint density at radius 2 is 1.85 bits per heavy atom. The first-order valence-electron chi connectivity index (χ1n) is 7.49. The lowest BCUT2D eigenvalue weighted by Crippen LogP contribution is -2.43. The van der Waals surface area contributed by atoms with Gasteiger partial charge in [-0.25, -0.2) is 4.79 Å². The van der Waals surface area contributed by atoms with E-state index in [9.17, 15) is 25.0 Å². The Kier molecular flexibility index (Phi) is 3.84. The number of nitrogens with one attached hydrogen (secondary N) is 1. The van der Waals surface area contributed by atoms with Crippen molar-refractivity contribution in [1.29, 1.82) is 5.26 Å². The molecule has 10 nitrogen and oxygen atoms in total. The van der Waals surface area contributed by atoms with Crippen LogP contribution in [0.3, 0.4) is 0 Å². The Morgan fingerprint density at radius 3 is 2.38 bits per heavy atom. The molecule has 0 unspecified atom stereocenters. The Balaban J connectivity index is 2.34. The van der Waals surface area contributed by atoms with Crippen LogP contribution in [0.25, 0.3) is 0 Å². The van der Waals surface area contributed by atoms with Crippen LogP contribution in [0.15, 0.2) is 45.2 Å². The number of rotatable bonds is 2. The summed E-state index contributed by atoms with van der Waals surface area (Å²) in [5, 5.41) is 23.1. The standard InChI is InChI=1S/C16H14N6O4/c1-20-14-12(15(23)21(2)16(20)24)11(10(7-17)13(18)19-14)8-3-5-9(6-4-8)22(25)26/h3-6,11,19H,18H2,1-2H3/t11-/m0/s1. The molecule has 1 aromatic carbocycles. The highest BCUT2D eigenvalue weighted by atomic mass is 16.6. The van der Waals surface area contributed by atoms with Crippen molar-refractivity contribution in [2.75, 3.05) is 5.32 Å². The molecule has 0 radical (unpaired) electrons. The van der Waals surface area contributed by atoms with E-state index in [1.807, 2.05) is 6.07 Å². The number of hydrogen-bond donors (Lipinski definition) is 2. The molecule has 132 valence electrons. The van der Waals surface area contributed by atoms with Gasteiger partial charge in [-0.2, -0.15) is 5.26 Å². The fourth-order valence-corrected chi connectivity index (χ4v) is 3.02. The molecule has 0 aliphatic carbocycles. The number of non-ortho nitro benzene ring substituents is 1. The van der Waals surface area contributed by atoms with Crippen molar-refractivity contribution in [1.82, 2.24) is 9.13 Å². The van der Waals surface area contributed by atoms with Crippen molar-refractivity contribution in [3.63, 3.8) is 0 Å². The van der Waals surface area contributed by atoms with Crippen molar-refractivity contribution in [3.8, 4) is 6.07 Å². The van der Waals surface area contributed by atoms with Crippen LogP contribution < -0.4 is 22.3 Å². The molecule has 0 spiro atoms. The van der Waals surface area contributed by atoms with Crippen molar-refractivity contribution >= 4 is 11.5 Å². The van der Waals surface area contributed by atoms with Gasteiger partial charge in [0.2, 0.25) is 0 Å². The molecule has 0 bridgehead atoms. The highest BCUT2D eigenvalue weighted by Gasteiger charge is 2.34. The Bertz CT molecular complexity index is 1120. The van der Waals surface area contributed by atoms with Crippen LogP contribution in [0.1, 0.15) is 17.0 Å². The number of fused-ring (bicyclic) bond motifs is 1. The number of nitro benzene ring substituents is 1. The number of nitro groups is 1. The molecule has 1 aromatic heterocycles. The number of allylic oxidation sites excluding steroid dienone is 1. The van der Waals surface area contributed by atoms with Gasteiger partial charge in [0, 0.05) is 26.2 Å². The molecule has 1 aliphatic heterocycles. The Labute approximate surface area is 146 Å². The zero-order chi connectivity index (χ0) is 19.2. The molecule has 1 atom stereocenters. The minimum Gasteiger partial charge on any atom is -0.384 e. The Morgan fingerprint density at radius 1 is 1.23 bits per heavy atom. The predicted octanol–water partition coefficient (Wildman–Crippen LogP) is 0.243. The second-order valence-electron chi connectivity index (χ2n) is 5.81. The number of hydrogen-bond acceptors (Lipinski definition) is 7. The average molecular weight is 354 g/mol. The van der Waals surface area contributed by atoms with E-state index in [0.717, 1.165) is 4.57 Å². The second-order valence-corrected chi connectivity index (χ2v) is 5.81. The third kappa shape index (κ3) is 2.34. The molecule has 26 heavy (non-hydrogen) atoms. The van der Waals surface area contributed by atoms with Crippen molar-refractivity contribution in [3.05, 3.63) is 77.7 Å². The van der Waals surface area contributed by atoms with Crippen LogP contribution in [0.2, 0.25) is 0 Å². The normalized spacial score (nSPS) is 15.8. The molecular weight excluding hydrogens is 340 g/mol. The summed E-state index contributed by atoms with van der Waals surface area (Å²) in [7, 11) is 2.82. The van der Waals surface area contributed by atoms with E-state index in [2.05, 4.69) is 5.32 Å². The summed E-state index contributed by atoms with van der Waals surface area (Å²) in [6.45, 7) is 0. The van der Waals surface area contributed by atoms with E-state index < -0.39 is 22.1 Å². The summed E-state index contributed by atoms with van der Waals surface area (Å²) in [5.41, 5.74) is 5.45. The number of aromatic nitrogens is 2. The SMILES string of the molecule is Cn1c2c(c(=O)n(C)c1=O)[C@@H](c1ccc([N+](=O)[O-])cc1)C(C#N)=C(N)N2. The summed E-state index contributed by atoms with van der Waals surface area (Å²) in [6.07, 6.45) is 0. The molecule has 2 heterocycles. The number of anilines is 1. The molecule has 0 saturated heterocycles. The van der Waals surface area contributed by atoms with E-state index in [4.69, 9.17) is 5.73 Å². The zero-order valence-electron chi connectivity index (χ0n) is 13.9. The maximum absolute atomic E-state index is 12.7. The van der Waals surface area contributed by atoms with Gasteiger partial charge in [0.1, 0.15) is 11.6 Å². The molecule has 0 fully saturated rings. The predicted molar refractivity (Wildman–Crippen MR) is 92.3 cm³/mol. The lowest BCUT2D eigenvalue weighted by atomic mass is 9.84. The van der Waals surface area contributed by atoms with Crippen LogP contribution in [0.4, 0.5) is 11.5 Å². The van der Waals surface area contributed by atoms with Gasteiger partial charge in [-0.15, -0.1) is 0 Å². The fraction of sp³-hybridized carbons (Fsp3) is 0.188. The summed E-state index contributed by atoms with van der Waals surface area (Å²) in [5.74, 6) is -0.632. The topological polar surface area (TPSA) is 149 Å². The minimum atomic E-state index is -0.845. The molecule has 2 aromatic rings. The van der Waals surface area contributed by atoms with Gasteiger partial charge in [-0.1, -0.05) is 12.1 Å². The number of benzene rings is 1. The molecule has 3 rings (SSSR count). The van der Waals surface area contributed by atoms with Gasteiger partial charge in [0.05, 0.1) is 28.0 Å². The third-order valence-electron chi connectivity index (χ3n) is 4.38. The monoisotopic (exact) mass is 354 g/mol. The highest BCUT2D eigenvalue weighted by Crippen LogP contribution is 2.38. The van der Waals surface area contributed by atoms with Gasteiger partial charge >= 0.3 is 5.69 Å². The molecular formula is C16H14N6O4. The van der Waals surface area contributed by atoms with E-state index in [1.54, 1.807) is 0 Å². The lowest BCUT2D eigenvalue weighted by molar-refractivity contribution is -0.384. The molecule has 3 N–H and O–H groups in total. The van der Waals surface area contributed by atoms with E-state index in [-0.39, 0.29) is 28.5 Å². The summed E-state index contributed by atoms with van der Waals surface area (Å²) >= 11 is 0. The largest absolute Gasteiger partial charge is 0.384 e. The van der Waals surface area contributed by atoms with E-state index in [1.165, 1.54) is 42.9 Å². The van der Waals surface area contributed by atoms with Crippen molar-refractivity contribution in [2.24, 2.45) is 19.8 Å². The first kappa shape index (κ1) is 17.0. The van der Waals surface area contributed by atoms with Gasteiger partial charge in [0.15, 0.2) is 0 Å². The second kappa shape index (κ2) is 5.89. The van der Waals surface area contributed by atoms with Crippen molar-refractivity contribution < 1.29 is 4.92 Å². The number of nitrogens with two attached hydrogens (primary N) is 1. The van der Waals surface area contributed by atoms with E-state index >= 15 is 0 Å². The minimum absolute atomic E-state index is 0.0200. The fourth-order valence-electron chi connectivity index (χ4n) is 3.02. The molecule has 0 amide bonds. The van der Waals surface area contributed by atoms with Crippen LogP contribution in [0.5, 0.6) is 0 Å². The summed E-state index contributed by atoms with van der Waals surface area (Å²) in [4.78, 5) is 35.2. The van der Waals surface area contributed by atoms with Gasteiger partial charge < -0.3 is 11.1 Å². The van der Waals surface area contributed by atoms with Gasteiger partial charge in [-0.05, 0) is 5.56 Å². The highest BCUT2D eigenvalue weighted by molar-refractivity contribution is 5.64. The maximum atomic E-state index is 12.7. The number of nitrogens with zero attached hydrogens (tertiary/aromatic N) is 4. The summed E-state index contributed by atoms with van der Waals surface area (Å²) in [6, 6.07) is 7.49. The molecule has 10 heteroatoms. The first-order chi connectivity index (χ1) is 12.3. The van der Waals surface area contributed by atoms with E-state index in [0.29, 0.717) is 5.56 Å². The van der Waals surface area contributed by atoms with Gasteiger partial charge in [-0.3, -0.25) is 24.0 Å². The van der Waals surface area contributed by atoms with Crippen LogP contribution in [0, 0.1) is 21.4 Å². The number of nitriles is 1. The quantitative estimate of drug-likeness (QED) is 0.579. The van der Waals surface area contributed by atoms with Crippen molar-refractivity contribution in [2.45, 2.75) is 5.92 Å². The lowest BCUT2D eigenvalue weighted by Gasteiger charge is -2.28. The Hall–Kier alpha value is -3.87. The summed E-state index contributed by atoms with van der Waals surface area (Å²) < 4.78 is 2.17. The molecule has 1 aliphatic rings. The van der Waals surface area contributed by atoms with Crippen LogP contribution >= 0.6 is 0 Å². The average Bonchev–Trinajstić information content (AvgIpc) is 2.63. The third-order valence-corrected chi connectivity index (χ3v) is 4.38. The van der Waals surface area contributed by atoms with Gasteiger partial charge in [0.25, 0.3) is 11.2 Å². The maximum Gasteiger partial charge on any atom is 0.332 e. The van der Waals surface area contributed by atoms with Crippen LogP contribution in [-0.4, -0.2) is 14.1 Å². The first-order valence-corrected chi connectivity index (χ1v) is 7.49. The van der Waals surface area contributed by atoms with Crippen LogP contribution in [-0.2, 0) is 14.1 Å². The molecule has 0 saturated carbocycles. The smallest absolute Gasteiger partial charge is 0.332 e. The zero-order valence-corrected chi connectivity index (χ0v) is 13.9.